The van der Waals surface area contributed by atoms with Crippen LogP contribution < -0.4 is 0 Å². The van der Waals surface area contributed by atoms with Crippen LogP contribution in [0.3, 0.4) is 0 Å². The van der Waals surface area contributed by atoms with Gasteiger partial charge >= 0.3 is 0 Å². The van der Waals surface area contributed by atoms with Gasteiger partial charge in [-0.25, -0.2) is 0 Å². The standard InChI is InChI=1S/C17H33NO2/c1-12-7-8-18(11-16(12)20)10-13-9-14(17(2,3)4)5-6-15(13)19/h12-16,19-20H,5-11H2,1-4H3. The van der Waals surface area contributed by atoms with Crippen LogP contribution in [0.1, 0.15) is 53.4 Å². The molecule has 2 rings (SSSR count). The summed E-state index contributed by atoms with van der Waals surface area (Å²) in [5.74, 6) is 1.52. The normalized spacial score (nSPS) is 40.8. The van der Waals surface area contributed by atoms with Crippen LogP contribution in [0, 0.1) is 23.2 Å². The largest absolute Gasteiger partial charge is 0.393 e. The summed E-state index contributed by atoms with van der Waals surface area (Å²) in [6.45, 7) is 11.9. The topological polar surface area (TPSA) is 43.7 Å². The quantitative estimate of drug-likeness (QED) is 0.818. The summed E-state index contributed by atoms with van der Waals surface area (Å²) in [6.07, 6.45) is 3.97. The van der Waals surface area contributed by atoms with Gasteiger partial charge in [-0.2, -0.15) is 0 Å². The fraction of sp³-hybridized carbons (Fsp3) is 1.00. The summed E-state index contributed by atoms with van der Waals surface area (Å²) in [5, 5.41) is 20.3. The van der Waals surface area contributed by atoms with Crippen LogP contribution >= 0.6 is 0 Å². The van der Waals surface area contributed by atoms with Gasteiger partial charge in [0.1, 0.15) is 0 Å². The van der Waals surface area contributed by atoms with Crippen molar-refractivity contribution in [2.75, 3.05) is 19.6 Å². The molecule has 5 atom stereocenters. The van der Waals surface area contributed by atoms with Gasteiger partial charge in [0.05, 0.1) is 12.2 Å². The molecule has 1 saturated carbocycles. The number of nitrogens with zero attached hydrogens (tertiary/aromatic N) is 1. The van der Waals surface area contributed by atoms with Gasteiger partial charge in [-0.15, -0.1) is 0 Å². The molecule has 0 aromatic rings. The third-order valence-corrected chi connectivity index (χ3v) is 5.66. The van der Waals surface area contributed by atoms with Crippen molar-refractivity contribution in [3.05, 3.63) is 0 Å². The first kappa shape index (κ1) is 16.3. The number of hydrogen-bond acceptors (Lipinski definition) is 3. The van der Waals surface area contributed by atoms with Gasteiger partial charge in [-0.1, -0.05) is 27.7 Å². The average Bonchev–Trinajstić information content (AvgIpc) is 2.35. The fourth-order valence-electron chi connectivity index (χ4n) is 3.84. The maximum Gasteiger partial charge on any atom is 0.0693 e. The molecule has 2 N–H and O–H groups in total. The summed E-state index contributed by atoms with van der Waals surface area (Å²) >= 11 is 0. The van der Waals surface area contributed by atoms with Crippen LogP contribution in [-0.2, 0) is 0 Å². The van der Waals surface area contributed by atoms with E-state index in [-0.39, 0.29) is 12.2 Å². The second-order valence-electron chi connectivity index (χ2n) is 8.30. The molecule has 0 aromatic carbocycles. The molecular weight excluding hydrogens is 250 g/mol. The number of aliphatic hydroxyl groups is 2. The zero-order chi connectivity index (χ0) is 14.9. The minimum atomic E-state index is -0.192. The molecule has 2 aliphatic rings. The molecule has 3 heteroatoms. The Morgan fingerprint density at radius 2 is 1.75 bits per heavy atom. The Bertz CT molecular complexity index is 313. The molecule has 1 aliphatic heterocycles. The lowest BCUT2D eigenvalue weighted by Crippen LogP contribution is -2.47. The third-order valence-electron chi connectivity index (χ3n) is 5.66. The molecule has 1 aliphatic carbocycles. The van der Waals surface area contributed by atoms with Crippen molar-refractivity contribution in [3.63, 3.8) is 0 Å². The highest BCUT2D eigenvalue weighted by molar-refractivity contribution is 4.88. The Morgan fingerprint density at radius 1 is 1.05 bits per heavy atom. The second kappa shape index (κ2) is 6.33. The van der Waals surface area contributed by atoms with E-state index in [1.54, 1.807) is 0 Å². The van der Waals surface area contributed by atoms with Crippen LogP contribution in [-0.4, -0.2) is 47.0 Å². The summed E-state index contributed by atoms with van der Waals surface area (Å²) in [6, 6.07) is 0. The highest BCUT2D eigenvalue weighted by Gasteiger charge is 2.36. The molecule has 20 heavy (non-hydrogen) atoms. The fourth-order valence-corrected chi connectivity index (χ4v) is 3.84. The summed E-state index contributed by atoms with van der Waals surface area (Å²) in [4.78, 5) is 2.36. The molecule has 0 amide bonds. The molecule has 5 unspecified atom stereocenters. The van der Waals surface area contributed by atoms with Crippen molar-refractivity contribution >= 4 is 0 Å². The number of likely N-dealkylation sites (tertiary alicyclic amines) is 1. The van der Waals surface area contributed by atoms with Gasteiger partial charge in [-0.3, -0.25) is 0 Å². The van der Waals surface area contributed by atoms with Gasteiger partial charge in [-0.05, 0) is 55.4 Å². The molecule has 1 heterocycles. The van der Waals surface area contributed by atoms with E-state index < -0.39 is 0 Å². The molecule has 0 radical (unpaired) electrons. The van der Waals surface area contributed by atoms with Crippen molar-refractivity contribution in [1.82, 2.24) is 4.90 Å². The van der Waals surface area contributed by atoms with Crippen molar-refractivity contribution in [2.45, 2.75) is 65.6 Å². The monoisotopic (exact) mass is 283 g/mol. The SMILES string of the molecule is CC1CCN(CC2CC(C(C)(C)C)CCC2O)CC1O. The van der Waals surface area contributed by atoms with E-state index in [1.807, 2.05) is 0 Å². The Kier molecular flexibility index (Phi) is 5.14. The van der Waals surface area contributed by atoms with Crippen molar-refractivity contribution in [3.8, 4) is 0 Å². The van der Waals surface area contributed by atoms with Crippen LogP contribution in [0.25, 0.3) is 0 Å². The van der Waals surface area contributed by atoms with E-state index in [1.165, 1.54) is 0 Å². The van der Waals surface area contributed by atoms with Gasteiger partial charge < -0.3 is 15.1 Å². The first-order valence-electron chi connectivity index (χ1n) is 8.36. The van der Waals surface area contributed by atoms with Crippen molar-refractivity contribution in [1.29, 1.82) is 0 Å². The smallest absolute Gasteiger partial charge is 0.0693 e. The number of aliphatic hydroxyl groups excluding tert-OH is 2. The molecule has 3 nitrogen and oxygen atoms in total. The van der Waals surface area contributed by atoms with E-state index in [0.29, 0.717) is 23.2 Å². The van der Waals surface area contributed by atoms with Crippen molar-refractivity contribution < 1.29 is 10.2 Å². The minimum absolute atomic E-state index is 0.148. The maximum absolute atomic E-state index is 10.3. The maximum atomic E-state index is 10.3. The lowest BCUT2D eigenvalue weighted by atomic mass is 9.68. The Labute approximate surface area is 124 Å². The first-order valence-corrected chi connectivity index (χ1v) is 8.36. The Morgan fingerprint density at radius 3 is 2.35 bits per heavy atom. The molecule has 2 fully saturated rings. The molecule has 0 spiro atoms. The number of hydrogen-bond donors (Lipinski definition) is 2. The van der Waals surface area contributed by atoms with E-state index in [9.17, 15) is 10.2 Å². The summed E-state index contributed by atoms with van der Waals surface area (Å²) < 4.78 is 0. The third kappa shape index (κ3) is 3.96. The van der Waals surface area contributed by atoms with Crippen molar-refractivity contribution in [2.24, 2.45) is 23.2 Å². The van der Waals surface area contributed by atoms with Crippen LogP contribution in [0.2, 0.25) is 0 Å². The molecule has 1 saturated heterocycles. The van der Waals surface area contributed by atoms with Gasteiger partial charge in [0.15, 0.2) is 0 Å². The highest BCUT2D eigenvalue weighted by Crippen LogP contribution is 2.40. The Hall–Kier alpha value is -0.120. The predicted octanol–water partition coefficient (Wildman–Crippen LogP) is 2.51. The number of rotatable bonds is 2. The summed E-state index contributed by atoms with van der Waals surface area (Å²) in [7, 11) is 0. The van der Waals surface area contributed by atoms with E-state index in [0.717, 1.165) is 45.3 Å². The van der Waals surface area contributed by atoms with Gasteiger partial charge in [0.2, 0.25) is 0 Å². The Balaban J connectivity index is 1.90. The van der Waals surface area contributed by atoms with E-state index >= 15 is 0 Å². The van der Waals surface area contributed by atoms with Gasteiger partial charge in [0.25, 0.3) is 0 Å². The molecule has 0 bridgehead atoms. The zero-order valence-corrected chi connectivity index (χ0v) is 13.7. The summed E-state index contributed by atoms with van der Waals surface area (Å²) in [5.41, 5.74) is 0.342. The average molecular weight is 283 g/mol. The van der Waals surface area contributed by atoms with E-state index in [4.69, 9.17) is 0 Å². The number of piperidine rings is 1. The van der Waals surface area contributed by atoms with Crippen LogP contribution in [0.4, 0.5) is 0 Å². The minimum Gasteiger partial charge on any atom is -0.393 e. The lowest BCUT2D eigenvalue weighted by molar-refractivity contribution is -0.0223. The highest BCUT2D eigenvalue weighted by atomic mass is 16.3. The van der Waals surface area contributed by atoms with Crippen LogP contribution in [0.5, 0.6) is 0 Å². The lowest BCUT2D eigenvalue weighted by Gasteiger charge is -2.43. The van der Waals surface area contributed by atoms with Crippen LogP contribution in [0.15, 0.2) is 0 Å². The molecule has 0 aromatic heterocycles. The van der Waals surface area contributed by atoms with E-state index in [2.05, 4.69) is 32.6 Å². The molecule has 118 valence electrons. The molecular formula is C17H33NO2. The first-order chi connectivity index (χ1) is 9.27. The predicted molar refractivity (Wildman–Crippen MR) is 82.5 cm³/mol. The zero-order valence-electron chi connectivity index (χ0n) is 13.7. The van der Waals surface area contributed by atoms with Gasteiger partial charge in [0, 0.05) is 13.1 Å². The second-order valence-corrected chi connectivity index (χ2v) is 8.30. The number of β-amino-alcohol motifs (C(OH)–C–C–N with tert-alkyl or cyclic N) is 1.